The predicted octanol–water partition coefficient (Wildman–Crippen LogP) is 2.23. The van der Waals surface area contributed by atoms with E-state index in [0.717, 1.165) is 22.7 Å². The van der Waals surface area contributed by atoms with Crippen molar-refractivity contribution >= 4 is 16.9 Å². The zero-order valence-electron chi connectivity index (χ0n) is 16.4. The zero-order chi connectivity index (χ0) is 22.3. The SMILES string of the molecule is C[C@H](Nc1ncnc2c1c(C(F)(F)F)cn2[C@@H]1O[C@H](CO)[C@@H](O)[C@H]1O)c1ccccc1. The Morgan fingerprint density at radius 3 is 2.48 bits per heavy atom. The maximum atomic E-state index is 13.9. The van der Waals surface area contributed by atoms with Crippen LogP contribution in [-0.2, 0) is 10.9 Å². The number of nitrogens with one attached hydrogen (secondary N) is 1. The molecule has 11 heteroatoms. The summed E-state index contributed by atoms with van der Waals surface area (Å²) in [5.74, 6) is -0.0285. The van der Waals surface area contributed by atoms with Crippen molar-refractivity contribution in [3.63, 3.8) is 0 Å². The fraction of sp³-hybridized carbons (Fsp3) is 0.400. The van der Waals surface area contributed by atoms with Gasteiger partial charge >= 0.3 is 6.18 Å². The maximum Gasteiger partial charge on any atom is 0.418 e. The number of hydrogen-bond acceptors (Lipinski definition) is 7. The lowest BCUT2D eigenvalue weighted by molar-refractivity contribution is -0.136. The number of halogens is 3. The van der Waals surface area contributed by atoms with Crippen molar-refractivity contribution in [2.45, 2.75) is 43.7 Å². The lowest BCUT2D eigenvalue weighted by atomic mass is 10.1. The Kier molecular flexibility index (Phi) is 5.60. The summed E-state index contributed by atoms with van der Waals surface area (Å²) in [6.07, 6.45) is -8.36. The van der Waals surface area contributed by atoms with Crippen molar-refractivity contribution in [2.24, 2.45) is 0 Å². The van der Waals surface area contributed by atoms with E-state index in [4.69, 9.17) is 4.74 Å². The molecule has 4 rings (SSSR count). The number of aromatic nitrogens is 3. The Morgan fingerprint density at radius 1 is 1.16 bits per heavy atom. The van der Waals surface area contributed by atoms with Gasteiger partial charge in [-0.1, -0.05) is 30.3 Å². The number of fused-ring (bicyclic) bond motifs is 1. The van der Waals surface area contributed by atoms with Crippen LogP contribution in [-0.4, -0.2) is 54.8 Å². The molecule has 5 atom stereocenters. The van der Waals surface area contributed by atoms with Crippen LogP contribution in [0.15, 0.2) is 42.9 Å². The third kappa shape index (κ3) is 3.85. The van der Waals surface area contributed by atoms with E-state index in [0.29, 0.717) is 0 Å². The molecule has 0 bridgehead atoms. The minimum absolute atomic E-state index is 0.0285. The molecule has 1 aliphatic heterocycles. The average molecular weight is 438 g/mol. The number of rotatable bonds is 5. The van der Waals surface area contributed by atoms with Gasteiger partial charge < -0.3 is 29.9 Å². The van der Waals surface area contributed by atoms with E-state index in [1.165, 1.54) is 0 Å². The normalized spacial score (nSPS) is 25.1. The number of nitrogens with zero attached hydrogens (tertiary/aromatic N) is 3. The van der Waals surface area contributed by atoms with E-state index < -0.39 is 42.9 Å². The number of benzene rings is 1. The number of aliphatic hydroxyl groups is 3. The van der Waals surface area contributed by atoms with Crippen LogP contribution in [0.1, 0.15) is 30.3 Å². The second-order valence-electron chi connectivity index (χ2n) is 7.37. The minimum atomic E-state index is -4.74. The van der Waals surface area contributed by atoms with Gasteiger partial charge in [-0.15, -0.1) is 0 Å². The van der Waals surface area contributed by atoms with E-state index in [1.807, 2.05) is 30.3 Å². The van der Waals surface area contributed by atoms with Crippen LogP contribution in [0.5, 0.6) is 0 Å². The van der Waals surface area contributed by atoms with Gasteiger partial charge in [0.25, 0.3) is 0 Å². The highest BCUT2D eigenvalue weighted by atomic mass is 19.4. The molecule has 1 aliphatic rings. The number of hydrogen-bond donors (Lipinski definition) is 4. The molecule has 166 valence electrons. The van der Waals surface area contributed by atoms with E-state index >= 15 is 0 Å². The summed E-state index contributed by atoms with van der Waals surface area (Å²) in [5.41, 5.74) is -0.283. The fourth-order valence-electron chi connectivity index (χ4n) is 3.74. The third-order valence-corrected chi connectivity index (χ3v) is 5.36. The van der Waals surface area contributed by atoms with Gasteiger partial charge in [-0.2, -0.15) is 13.2 Å². The minimum Gasteiger partial charge on any atom is -0.394 e. The van der Waals surface area contributed by atoms with Gasteiger partial charge in [0, 0.05) is 12.2 Å². The van der Waals surface area contributed by atoms with Gasteiger partial charge in [0.1, 0.15) is 36.1 Å². The van der Waals surface area contributed by atoms with Crippen LogP contribution in [0.2, 0.25) is 0 Å². The van der Waals surface area contributed by atoms with Gasteiger partial charge in [-0.05, 0) is 12.5 Å². The first kappa shape index (κ1) is 21.5. The summed E-state index contributed by atoms with van der Waals surface area (Å²) < 4.78 is 48.1. The van der Waals surface area contributed by atoms with E-state index in [-0.39, 0.29) is 22.9 Å². The van der Waals surface area contributed by atoms with Crippen LogP contribution in [0.3, 0.4) is 0 Å². The smallest absolute Gasteiger partial charge is 0.394 e. The quantitative estimate of drug-likeness (QED) is 0.483. The molecule has 4 N–H and O–H groups in total. The molecule has 1 aromatic carbocycles. The molecule has 8 nitrogen and oxygen atoms in total. The highest BCUT2D eigenvalue weighted by molar-refractivity contribution is 5.91. The summed E-state index contributed by atoms with van der Waals surface area (Å²) in [4.78, 5) is 8.01. The molecule has 1 fully saturated rings. The summed E-state index contributed by atoms with van der Waals surface area (Å²) in [5, 5.41) is 32.3. The lowest BCUT2D eigenvalue weighted by Gasteiger charge is -2.18. The lowest BCUT2D eigenvalue weighted by Crippen LogP contribution is -2.33. The van der Waals surface area contributed by atoms with Crippen LogP contribution >= 0.6 is 0 Å². The molecule has 0 spiro atoms. The van der Waals surface area contributed by atoms with Crippen molar-refractivity contribution in [1.82, 2.24) is 14.5 Å². The zero-order valence-corrected chi connectivity index (χ0v) is 16.4. The highest BCUT2D eigenvalue weighted by Crippen LogP contribution is 2.42. The van der Waals surface area contributed by atoms with Crippen LogP contribution in [0.25, 0.3) is 11.0 Å². The molecule has 3 aromatic rings. The molecule has 0 saturated carbocycles. The van der Waals surface area contributed by atoms with Crippen molar-refractivity contribution in [3.05, 3.63) is 54.0 Å². The second kappa shape index (κ2) is 8.08. The van der Waals surface area contributed by atoms with Crippen LogP contribution in [0.4, 0.5) is 19.0 Å². The van der Waals surface area contributed by atoms with E-state index in [9.17, 15) is 28.5 Å². The Hall–Kier alpha value is -2.73. The predicted molar refractivity (Wildman–Crippen MR) is 104 cm³/mol. The number of alkyl halides is 3. The molecule has 1 saturated heterocycles. The van der Waals surface area contributed by atoms with E-state index in [1.54, 1.807) is 6.92 Å². The van der Waals surface area contributed by atoms with Gasteiger partial charge in [0.15, 0.2) is 6.23 Å². The molecule has 3 heterocycles. The first-order valence-corrected chi connectivity index (χ1v) is 9.59. The standard InChI is InChI=1S/C20H21F3N4O4/c1-10(11-5-3-2-4-6-11)26-17-14-12(20(21,22)23)7-27(18(14)25-9-24-17)19-16(30)15(29)13(8-28)31-19/h2-7,9-10,13,15-16,19,28-30H,8H2,1H3,(H,24,25,26)/t10-,13+,15+,16+,19+/m0/s1. The Morgan fingerprint density at radius 2 is 1.87 bits per heavy atom. The molecule has 31 heavy (non-hydrogen) atoms. The Balaban J connectivity index is 1.81. The number of anilines is 1. The highest BCUT2D eigenvalue weighted by Gasteiger charge is 2.45. The first-order chi connectivity index (χ1) is 14.7. The van der Waals surface area contributed by atoms with E-state index in [2.05, 4.69) is 15.3 Å². The van der Waals surface area contributed by atoms with Crippen molar-refractivity contribution in [1.29, 1.82) is 0 Å². The van der Waals surface area contributed by atoms with Crippen molar-refractivity contribution in [2.75, 3.05) is 11.9 Å². The van der Waals surface area contributed by atoms with Gasteiger partial charge in [0.05, 0.1) is 17.6 Å². The molecular formula is C20H21F3N4O4. The summed E-state index contributed by atoms with van der Waals surface area (Å²) >= 11 is 0. The monoisotopic (exact) mass is 438 g/mol. The molecule has 0 amide bonds. The molecule has 2 aromatic heterocycles. The van der Waals surface area contributed by atoms with Crippen molar-refractivity contribution in [3.8, 4) is 0 Å². The number of ether oxygens (including phenoxy) is 1. The van der Waals surface area contributed by atoms with Gasteiger partial charge in [-0.3, -0.25) is 0 Å². The second-order valence-corrected chi connectivity index (χ2v) is 7.37. The molecule has 0 unspecified atom stereocenters. The molecule has 0 aliphatic carbocycles. The third-order valence-electron chi connectivity index (χ3n) is 5.36. The number of aliphatic hydroxyl groups excluding tert-OH is 3. The summed E-state index contributed by atoms with van der Waals surface area (Å²) in [7, 11) is 0. The Labute approximate surface area is 174 Å². The first-order valence-electron chi connectivity index (χ1n) is 9.59. The average Bonchev–Trinajstić information content (AvgIpc) is 3.27. The maximum absolute atomic E-state index is 13.9. The summed E-state index contributed by atoms with van der Waals surface area (Å²) in [6.45, 7) is 1.19. The van der Waals surface area contributed by atoms with Gasteiger partial charge in [0.2, 0.25) is 0 Å². The topological polar surface area (TPSA) is 113 Å². The molecule has 0 radical (unpaired) electrons. The summed E-state index contributed by atoms with van der Waals surface area (Å²) in [6, 6.07) is 8.81. The molecular weight excluding hydrogens is 417 g/mol. The van der Waals surface area contributed by atoms with Crippen LogP contribution < -0.4 is 5.32 Å². The van der Waals surface area contributed by atoms with Crippen molar-refractivity contribution < 1.29 is 33.2 Å². The fourth-order valence-corrected chi connectivity index (χ4v) is 3.74. The largest absolute Gasteiger partial charge is 0.418 e. The van der Waals surface area contributed by atoms with Gasteiger partial charge in [-0.25, -0.2) is 9.97 Å². The Bertz CT molecular complexity index is 1060. The van der Waals surface area contributed by atoms with Crippen LogP contribution in [0, 0.1) is 0 Å².